The molecule has 5 heteroatoms. The van der Waals surface area contributed by atoms with Gasteiger partial charge in [-0.15, -0.1) is 0 Å². The molecule has 1 aliphatic rings. The summed E-state index contributed by atoms with van der Waals surface area (Å²) in [4.78, 5) is 23.2. The van der Waals surface area contributed by atoms with E-state index in [0.717, 1.165) is 6.42 Å². The summed E-state index contributed by atoms with van der Waals surface area (Å²) in [5.74, 6) is -0.366. The van der Waals surface area contributed by atoms with Crippen molar-refractivity contribution in [1.82, 2.24) is 10.6 Å². The fraction of sp³-hybridized carbons (Fsp3) is 0.818. The predicted molar refractivity (Wildman–Crippen MR) is 61.6 cm³/mol. The molecule has 5 nitrogen and oxygen atoms in total. The molecule has 0 aromatic heterocycles. The third-order valence-electron chi connectivity index (χ3n) is 2.82. The Labute approximate surface area is 96.1 Å². The molecule has 2 atom stereocenters. The van der Waals surface area contributed by atoms with Gasteiger partial charge in [0.1, 0.15) is 6.04 Å². The van der Waals surface area contributed by atoms with Gasteiger partial charge in [-0.05, 0) is 18.3 Å². The molecule has 1 fully saturated rings. The minimum atomic E-state index is -0.595. The van der Waals surface area contributed by atoms with Crippen LogP contribution in [0.5, 0.6) is 0 Å². The van der Waals surface area contributed by atoms with Gasteiger partial charge in [0.2, 0.25) is 11.8 Å². The number of piperidine rings is 1. The Morgan fingerprint density at radius 2 is 2.19 bits per heavy atom. The van der Waals surface area contributed by atoms with Crippen LogP contribution in [-0.4, -0.2) is 30.4 Å². The van der Waals surface area contributed by atoms with Crippen LogP contribution in [0.25, 0.3) is 0 Å². The van der Waals surface area contributed by atoms with Gasteiger partial charge in [-0.25, -0.2) is 0 Å². The maximum Gasteiger partial charge on any atom is 0.242 e. The molecule has 1 heterocycles. The number of nitrogens with two attached hydrogens (primary N) is 1. The maximum atomic E-state index is 11.8. The van der Waals surface area contributed by atoms with Crippen LogP contribution >= 0.6 is 0 Å². The van der Waals surface area contributed by atoms with Crippen LogP contribution in [0.2, 0.25) is 0 Å². The minimum absolute atomic E-state index is 0.110. The van der Waals surface area contributed by atoms with Crippen molar-refractivity contribution >= 4 is 11.8 Å². The average Bonchev–Trinajstić information content (AvgIpc) is 2.19. The molecule has 1 aliphatic heterocycles. The molecular weight excluding hydrogens is 206 g/mol. The smallest absolute Gasteiger partial charge is 0.242 e. The summed E-state index contributed by atoms with van der Waals surface area (Å²) in [6.45, 7) is 6.39. The van der Waals surface area contributed by atoms with Crippen LogP contribution in [0.15, 0.2) is 0 Å². The SMILES string of the molecule is CC(C)(C)[C@@H](N)C(=O)NC1CCCNC1=O. The van der Waals surface area contributed by atoms with Crippen LogP contribution in [0.1, 0.15) is 33.6 Å². The molecule has 1 saturated heterocycles. The Balaban J connectivity index is 2.53. The van der Waals surface area contributed by atoms with Gasteiger partial charge in [0.15, 0.2) is 0 Å². The fourth-order valence-electron chi connectivity index (χ4n) is 1.56. The summed E-state index contributed by atoms with van der Waals surface area (Å²) in [6, 6.07) is -1.02. The lowest BCUT2D eigenvalue weighted by Crippen LogP contribution is -2.56. The van der Waals surface area contributed by atoms with Gasteiger partial charge < -0.3 is 16.4 Å². The van der Waals surface area contributed by atoms with Crippen LogP contribution < -0.4 is 16.4 Å². The summed E-state index contributed by atoms with van der Waals surface area (Å²) < 4.78 is 0. The molecule has 4 N–H and O–H groups in total. The first kappa shape index (κ1) is 13.0. The largest absolute Gasteiger partial charge is 0.354 e. The number of nitrogens with one attached hydrogen (secondary N) is 2. The van der Waals surface area contributed by atoms with Gasteiger partial charge in [-0.3, -0.25) is 9.59 Å². The summed E-state index contributed by atoms with van der Waals surface area (Å²) in [6.07, 6.45) is 1.58. The van der Waals surface area contributed by atoms with Crippen molar-refractivity contribution in [3.8, 4) is 0 Å². The van der Waals surface area contributed by atoms with E-state index < -0.39 is 12.1 Å². The highest BCUT2D eigenvalue weighted by Gasteiger charge is 2.31. The first-order chi connectivity index (χ1) is 7.32. The van der Waals surface area contributed by atoms with Crippen molar-refractivity contribution in [3.05, 3.63) is 0 Å². The molecule has 0 aromatic rings. The molecule has 0 radical (unpaired) electrons. The van der Waals surface area contributed by atoms with Crippen LogP contribution in [-0.2, 0) is 9.59 Å². The Morgan fingerprint density at radius 1 is 1.56 bits per heavy atom. The van der Waals surface area contributed by atoms with Crippen LogP contribution in [0.3, 0.4) is 0 Å². The quantitative estimate of drug-likeness (QED) is 0.608. The lowest BCUT2D eigenvalue weighted by Gasteiger charge is -2.29. The topological polar surface area (TPSA) is 84.2 Å². The molecule has 0 saturated carbocycles. The van der Waals surface area contributed by atoms with Crippen molar-refractivity contribution in [2.45, 2.75) is 45.7 Å². The zero-order valence-electron chi connectivity index (χ0n) is 10.2. The van der Waals surface area contributed by atoms with E-state index in [1.807, 2.05) is 20.8 Å². The summed E-state index contributed by atoms with van der Waals surface area (Å²) in [5.41, 5.74) is 5.52. The van der Waals surface area contributed by atoms with E-state index in [-0.39, 0.29) is 17.2 Å². The van der Waals surface area contributed by atoms with Gasteiger partial charge >= 0.3 is 0 Å². The third-order valence-corrected chi connectivity index (χ3v) is 2.82. The molecule has 0 aromatic carbocycles. The summed E-state index contributed by atoms with van der Waals surface area (Å²) in [5, 5.41) is 5.42. The highest BCUT2D eigenvalue weighted by Crippen LogP contribution is 2.17. The molecule has 2 amide bonds. The Bertz CT molecular complexity index is 283. The van der Waals surface area contributed by atoms with E-state index in [1.165, 1.54) is 0 Å². The van der Waals surface area contributed by atoms with Crippen LogP contribution in [0.4, 0.5) is 0 Å². The normalized spacial score (nSPS) is 23.5. The third kappa shape index (κ3) is 3.20. The van der Waals surface area contributed by atoms with E-state index in [0.29, 0.717) is 13.0 Å². The Morgan fingerprint density at radius 3 is 2.69 bits per heavy atom. The van der Waals surface area contributed by atoms with Crippen molar-refractivity contribution in [3.63, 3.8) is 0 Å². The maximum absolute atomic E-state index is 11.8. The Hall–Kier alpha value is -1.10. The molecule has 1 unspecified atom stereocenters. The van der Waals surface area contributed by atoms with E-state index >= 15 is 0 Å². The van der Waals surface area contributed by atoms with E-state index in [9.17, 15) is 9.59 Å². The van der Waals surface area contributed by atoms with Crippen molar-refractivity contribution < 1.29 is 9.59 Å². The van der Waals surface area contributed by atoms with Gasteiger partial charge in [-0.1, -0.05) is 20.8 Å². The number of amides is 2. The van der Waals surface area contributed by atoms with Gasteiger partial charge in [0.25, 0.3) is 0 Å². The van der Waals surface area contributed by atoms with Crippen molar-refractivity contribution in [2.24, 2.45) is 11.1 Å². The molecule has 0 bridgehead atoms. The number of carbonyl (C=O) groups is 2. The first-order valence-corrected chi connectivity index (χ1v) is 5.66. The summed E-state index contributed by atoms with van der Waals surface area (Å²) in [7, 11) is 0. The fourth-order valence-corrected chi connectivity index (χ4v) is 1.56. The molecular formula is C11H21N3O2. The van der Waals surface area contributed by atoms with E-state index in [4.69, 9.17) is 5.73 Å². The van der Waals surface area contributed by atoms with Crippen LogP contribution in [0, 0.1) is 5.41 Å². The lowest BCUT2D eigenvalue weighted by molar-refractivity contribution is -0.131. The number of rotatable bonds is 2. The second-order valence-corrected chi connectivity index (χ2v) is 5.34. The molecule has 92 valence electrons. The van der Waals surface area contributed by atoms with E-state index in [2.05, 4.69) is 10.6 Å². The monoisotopic (exact) mass is 227 g/mol. The molecule has 0 spiro atoms. The van der Waals surface area contributed by atoms with Gasteiger partial charge in [0, 0.05) is 6.54 Å². The highest BCUT2D eigenvalue weighted by molar-refractivity contribution is 5.90. The first-order valence-electron chi connectivity index (χ1n) is 5.66. The van der Waals surface area contributed by atoms with Gasteiger partial charge in [0.05, 0.1) is 6.04 Å². The van der Waals surface area contributed by atoms with Gasteiger partial charge in [-0.2, -0.15) is 0 Å². The zero-order valence-corrected chi connectivity index (χ0v) is 10.2. The zero-order chi connectivity index (χ0) is 12.3. The second-order valence-electron chi connectivity index (χ2n) is 5.34. The number of hydrogen-bond acceptors (Lipinski definition) is 3. The standard InChI is InChI=1S/C11H21N3O2/c1-11(2,3)8(12)10(16)14-7-5-4-6-13-9(7)15/h7-8H,4-6,12H2,1-3H3,(H,13,15)(H,14,16)/t7?,8-/m0/s1. The lowest BCUT2D eigenvalue weighted by atomic mass is 9.86. The predicted octanol–water partition coefficient (Wildman–Crippen LogP) is -0.245. The number of carbonyl (C=O) groups excluding carboxylic acids is 2. The van der Waals surface area contributed by atoms with Crippen molar-refractivity contribution in [2.75, 3.05) is 6.54 Å². The van der Waals surface area contributed by atoms with Crippen molar-refractivity contribution in [1.29, 1.82) is 0 Å². The minimum Gasteiger partial charge on any atom is -0.354 e. The number of hydrogen-bond donors (Lipinski definition) is 3. The molecule has 1 rings (SSSR count). The summed E-state index contributed by atoms with van der Waals surface area (Å²) >= 11 is 0. The average molecular weight is 227 g/mol. The Kier molecular flexibility index (Phi) is 3.91. The second kappa shape index (κ2) is 4.82. The molecule has 16 heavy (non-hydrogen) atoms. The van der Waals surface area contributed by atoms with E-state index in [1.54, 1.807) is 0 Å². The molecule has 0 aliphatic carbocycles. The highest BCUT2D eigenvalue weighted by atomic mass is 16.2.